The number of carbonyl (C=O) groups is 1. The zero-order chi connectivity index (χ0) is 22.7. The third-order valence-corrected chi connectivity index (χ3v) is 5.74. The van der Waals surface area contributed by atoms with Gasteiger partial charge in [0.1, 0.15) is 5.82 Å². The Balaban J connectivity index is 1.49. The van der Waals surface area contributed by atoms with E-state index in [9.17, 15) is 14.0 Å². The van der Waals surface area contributed by atoms with Gasteiger partial charge in [0.15, 0.2) is 5.82 Å². The summed E-state index contributed by atoms with van der Waals surface area (Å²) in [6.45, 7) is 0. The number of nitrogens with zero attached hydrogens (tertiary/aromatic N) is 3. The third kappa shape index (κ3) is 4.31. The number of ether oxygens (including phenoxy) is 1. The van der Waals surface area contributed by atoms with Gasteiger partial charge < -0.3 is 10.1 Å². The van der Waals surface area contributed by atoms with E-state index in [4.69, 9.17) is 10.00 Å². The molecule has 1 amide bonds. The van der Waals surface area contributed by atoms with Crippen molar-refractivity contribution >= 4 is 5.91 Å². The highest BCUT2D eigenvalue weighted by Gasteiger charge is 2.22. The molecule has 2 aromatic heterocycles. The number of methoxy groups -OCH3 is 1. The fraction of sp³-hybridized carbons (Fsp3) is 0.304. The Morgan fingerprint density at radius 1 is 1.25 bits per heavy atom. The molecule has 3 aromatic rings. The van der Waals surface area contributed by atoms with Gasteiger partial charge >= 0.3 is 0 Å². The van der Waals surface area contributed by atoms with Crippen LogP contribution in [0.2, 0.25) is 0 Å². The zero-order valence-electron chi connectivity index (χ0n) is 17.5. The summed E-state index contributed by atoms with van der Waals surface area (Å²) in [5.41, 5.74) is 0.267. The number of nitriles is 1. The number of amides is 1. The van der Waals surface area contributed by atoms with Crippen molar-refractivity contribution in [3.63, 3.8) is 0 Å². The first-order valence-corrected chi connectivity index (χ1v) is 10.3. The van der Waals surface area contributed by atoms with Gasteiger partial charge in [-0.2, -0.15) is 5.26 Å². The number of H-pyrrole nitrogens is 1. The van der Waals surface area contributed by atoms with Crippen LogP contribution in [0.3, 0.4) is 0 Å². The molecule has 1 saturated carbocycles. The Kier molecular flexibility index (Phi) is 6.14. The van der Waals surface area contributed by atoms with Crippen LogP contribution < -0.4 is 10.9 Å². The SMILES string of the molecule is COC1CCC(NC(=O)c2ccc(-n3[nH]cc(-c4ccc(C#N)cc4F)c3=O)nc2)CC1. The van der Waals surface area contributed by atoms with Crippen molar-refractivity contribution < 1.29 is 13.9 Å². The number of aromatic amines is 1. The molecular weight excluding hydrogens is 413 g/mol. The minimum atomic E-state index is -0.660. The predicted octanol–water partition coefficient (Wildman–Crippen LogP) is 2.93. The molecule has 1 fully saturated rings. The molecule has 0 radical (unpaired) electrons. The van der Waals surface area contributed by atoms with Crippen LogP contribution in [-0.2, 0) is 4.74 Å². The van der Waals surface area contributed by atoms with E-state index in [2.05, 4.69) is 15.4 Å². The van der Waals surface area contributed by atoms with Crippen LogP contribution in [-0.4, -0.2) is 39.9 Å². The summed E-state index contributed by atoms with van der Waals surface area (Å²) in [7, 11) is 1.70. The van der Waals surface area contributed by atoms with Crippen molar-refractivity contribution in [1.82, 2.24) is 20.1 Å². The lowest BCUT2D eigenvalue weighted by Gasteiger charge is -2.28. The molecule has 32 heavy (non-hydrogen) atoms. The Morgan fingerprint density at radius 3 is 2.66 bits per heavy atom. The maximum absolute atomic E-state index is 14.3. The molecule has 0 unspecified atom stereocenters. The summed E-state index contributed by atoms with van der Waals surface area (Å²) in [5, 5.41) is 14.7. The second kappa shape index (κ2) is 9.16. The number of hydrogen-bond donors (Lipinski definition) is 2. The van der Waals surface area contributed by atoms with Gasteiger partial charge in [0.25, 0.3) is 11.5 Å². The van der Waals surface area contributed by atoms with Crippen molar-refractivity contribution in [1.29, 1.82) is 5.26 Å². The van der Waals surface area contributed by atoms with Crippen LogP contribution >= 0.6 is 0 Å². The number of rotatable bonds is 5. The second-order valence-electron chi connectivity index (χ2n) is 7.72. The molecule has 9 heteroatoms. The van der Waals surface area contributed by atoms with Crippen LogP contribution in [0.1, 0.15) is 41.6 Å². The van der Waals surface area contributed by atoms with Gasteiger partial charge in [0.2, 0.25) is 0 Å². The largest absolute Gasteiger partial charge is 0.381 e. The summed E-state index contributed by atoms with van der Waals surface area (Å²) < 4.78 is 20.8. The third-order valence-electron chi connectivity index (χ3n) is 5.74. The van der Waals surface area contributed by atoms with E-state index >= 15 is 0 Å². The Bertz CT molecular complexity index is 1220. The minimum Gasteiger partial charge on any atom is -0.381 e. The van der Waals surface area contributed by atoms with Crippen LogP contribution in [0.4, 0.5) is 4.39 Å². The normalized spacial score (nSPS) is 18.2. The molecule has 1 aliphatic rings. The molecule has 1 aliphatic carbocycles. The smallest absolute Gasteiger partial charge is 0.280 e. The molecule has 2 N–H and O–H groups in total. The Hall–Kier alpha value is -3.77. The molecule has 0 saturated heterocycles. The summed E-state index contributed by atoms with van der Waals surface area (Å²) in [5.74, 6) is -0.608. The van der Waals surface area contributed by atoms with Crippen LogP contribution in [0.25, 0.3) is 16.9 Å². The van der Waals surface area contributed by atoms with Crippen LogP contribution in [0.5, 0.6) is 0 Å². The fourth-order valence-electron chi connectivity index (χ4n) is 3.90. The maximum Gasteiger partial charge on any atom is 0.280 e. The molecule has 2 heterocycles. The first-order valence-electron chi connectivity index (χ1n) is 10.3. The number of halogens is 1. The second-order valence-corrected chi connectivity index (χ2v) is 7.72. The lowest BCUT2D eigenvalue weighted by atomic mass is 9.93. The molecular formula is C23H22FN5O3. The van der Waals surface area contributed by atoms with Gasteiger partial charge in [0, 0.05) is 31.1 Å². The number of benzene rings is 1. The van der Waals surface area contributed by atoms with Crippen LogP contribution in [0.15, 0.2) is 47.5 Å². The average molecular weight is 435 g/mol. The fourth-order valence-corrected chi connectivity index (χ4v) is 3.90. The van der Waals surface area contributed by atoms with Gasteiger partial charge in [0.05, 0.1) is 28.9 Å². The standard InChI is InChI=1S/C23H22FN5O3/c1-32-17-6-4-16(5-7-17)28-22(30)15-3-9-21(26-12-15)29-23(31)19(13-27-29)18-8-2-14(11-25)10-20(18)24/h2-3,8-10,12-13,16-17,27H,4-7H2,1H3,(H,28,30). The highest BCUT2D eigenvalue weighted by atomic mass is 19.1. The molecule has 164 valence electrons. The van der Waals surface area contributed by atoms with E-state index in [1.165, 1.54) is 29.2 Å². The average Bonchev–Trinajstić information content (AvgIpc) is 3.20. The Labute approximate surface area is 183 Å². The molecule has 0 aliphatic heterocycles. The van der Waals surface area contributed by atoms with E-state index in [0.717, 1.165) is 31.7 Å². The summed E-state index contributed by atoms with van der Waals surface area (Å²) in [6.07, 6.45) is 6.59. The van der Waals surface area contributed by atoms with Crippen molar-refractivity contribution in [2.45, 2.75) is 37.8 Å². The number of hydrogen-bond acceptors (Lipinski definition) is 5. The van der Waals surface area contributed by atoms with Crippen molar-refractivity contribution in [2.24, 2.45) is 0 Å². The Morgan fingerprint density at radius 2 is 2.03 bits per heavy atom. The van der Waals surface area contributed by atoms with Crippen molar-refractivity contribution in [3.8, 4) is 23.0 Å². The lowest BCUT2D eigenvalue weighted by molar-refractivity contribution is 0.0599. The maximum atomic E-state index is 14.3. The van der Waals surface area contributed by atoms with Gasteiger partial charge in [-0.3, -0.25) is 14.7 Å². The van der Waals surface area contributed by atoms with E-state index in [0.29, 0.717) is 5.56 Å². The number of aromatic nitrogens is 3. The van der Waals surface area contributed by atoms with Crippen molar-refractivity contribution in [2.75, 3.05) is 7.11 Å². The topological polar surface area (TPSA) is 113 Å². The zero-order valence-corrected chi connectivity index (χ0v) is 17.5. The molecule has 8 nitrogen and oxygen atoms in total. The molecule has 0 spiro atoms. The van der Waals surface area contributed by atoms with E-state index < -0.39 is 11.4 Å². The van der Waals surface area contributed by atoms with Gasteiger partial charge in [-0.15, -0.1) is 0 Å². The van der Waals surface area contributed by atoms with Crippen molar-refractivity contribution in [3.05, 3.63) is 70.0 Å². The first-order chi connectivity index (χ1) is 15.5. The number of nitrogens with one attached hydrogen (secondary N) is 2. The lowest BCUT2D eigenvalue weighted by Crippen LogP contribution is -2.39. The summed E-state index contributed by atoms with van der Waals surface area (Å²) >= 11 is 0. The molecule has 0 bridgehead atoms. The van der Waals surface area contributed by atoms with Gasteiger partial charge in [-0.1, -0.05) is 0 Å². The quantitative estimate of drug-likeness (QED) is 0.640. The highest BCUT2D eigenvalue weighted by Crippen LogP contribution is 2.22. The van der Waals surface area contributed by atoms with E-state index in [1.54, 1.807) is 19.2 Å². The highest BCUT2D eigenvalue weighted by molar-refractivity contribution is 5.94. The van der Waals surface area contributed by atoms with Crippen LogP contribution in [0, 0.1) is 17.1 Å². The number of carbonyl (C=O) groups excluding carboxylic acids is 1. The monoisotopic (exact) mass is 435 g/mol. The van der Waals surface area contributed by atoms with Gasteiger partial charge in [-0.25, -0.2) is 14.1 Å². The molecule has 4 rings (SSSR count). The molecule has 1 aromatic carbocycles. The predicted molar refractivity (Wildman–Crippen MR) is 115 cm³/mol. The minimum absolute atomic E-state index is 0.0863. The number of pyridine rings is 1. The first kappa shape index (κ1) is 21.5. The summed E-state index contributed by atoms with van der Waals surface area (Å²) in [6, 6.07) is 9.02. The summed E-state index contributed by atoms with van der Waals surface area (Å²) in [4.78, 5) is 29.5. The molecule has 0 atom stereocenters. The van der Waals surface area contributed by atoms with E-state index in [1.807, 2.05) is 6.07 Å². The van der Waals surface area contributed by atoms with E-state index in [-0.39, 0.29) is 40.6 Å². The van der Waals surface area contributed by atoms with Gasteiger partial charge in [-0.05, 0) is 56.0 Å².